The Labute approximate surface area is 121 Å². The summed E-state index contributed by atoms with van der Waals surface area (Å²) in [5.74, 6) is 0. The van der Waals surface area contributed by atoms with Crippen LogP contribution in [0.5, 0.6) is 0 Å². The monoisotopic (exact) mass is 299 g/mol. The van der Waals surface area contributed by atoms with Crippen molar-refractivity contribution in [3.63, 3.8) is 0 Å². The van der Waals surface area contributed by atoms with Crippen molar-refractivity contribution >= 4 is 11.8 Å². The van der Waals surface area contributed by atoms with E-state index in [2.05, 4.69) is 6.07 Å². The maximum atomic E-state index is 13.1. The van der Waals surface area contributed by atoms with E-state index in [-0.39, 0.29) is 4.90 Å². The Bertz CT molecular complexity index is 525. The van der Waals surface area contributed by atoms with Crippen LogP contribution in [-0.2, 0) is 6.18 Å². The van der Waals surface area contributed by atoms with Gasteiger partial charge in [-0.25, -0.2) is 0 Å². The molecule has 0 saturated heterocycles. The Morgan fingerprint density at radius 1 is 1.20 bits per heavy atom. The van der Waals surface area contributed by atoms with Crippen molar-refractivity contribution in [2.24, 2.45) is 0 Å². The Morgan fingerprint density at radius 3 is 2.40 bits per heavy atom. The van der Waals surface area contributed by atoms with Gasteiger partial charge in [0.15, 0.2) is 0 Å². The van der Waals surface area contributed by atoms with Gasteiger partial charge in [0.1, 0.15) is 4.75 Å². The van der Waals surface area contributed by atoms with Crippen LogP contribution in [0.3, 0.4) is 0 Å². The molecule has 1 saturated carbocycles. The molecule has 0 aliphatic heterocycles. The molecule has 0 N–H and O–H groups in total. The number of rotatable bonds is 2. The van der Waals surface area contributed by atoms with Gasteiger partial charge in [0, 0.05) is 4.90 Å². The topological polar surface area (TPSA) is 23.8 Å². The summed E-state index contributed by atoms with van der Waals surface area (Å²) in [6, 6.07) is 6.46. The number of halogens is 3. The highest BCUT2D eigenvalue weighted by atomic mass is 32.2. The number of hydrogen-bond acceptors (Lipinski definition) is 2. The molecule has 1 aliphatic carbocycles. The van der Waals surface area contributed by atoms with Crippen LogP contribution < -0.4 is 0 Å². The van der Waals surface area contributed by atoms with Gasteiger partial charge in [-0.2, -0.15) is 18.4 Å². The van der Waals surface area contributed by atoms with Crippen molar-refractivity contribution in [1.82, 2.24) is 0 Å². The number of thioether (sulfide) groups is 1. The Kier molecular flexibility index (Phi) is 4.33. The molecule has 0 radical (unpaired) electrons. The van der Waals surface area contributed by atoms with E-state index in [1.54, 1.807) is 13.0 Å². The minimum absolute atomic E-state index is 0.212. The molecule has 0 heterocycles. The number of benzene rings is 1. The molecule has 0 bridgehead atoms. The highest BCUT2D eigenvalue weighted by Gasteiger charge is 2.39. The second-order valence-electron chi connectivity index (χ2n) is 5.22. The number of nitrogens with zero attached hydrogens (tertiary/aromatic N) is 1. The van der Waals surface area contributed by atoms with E-state index in [0.717, 1.165) is 37.1 Å². The quantitative estimate of drug-likeness (QED) is 0.736. The average Bonchev–Trinajstić information content (AvgIpc) is 2.41. The zero-order valence-electron chi connectivity index (χ0n) is 11.3. The molecule has 108 valence electrons. The first kappa shape index (κ1) is 15.2. The molecule has 0 atom stereocenters. The molecule has 0 spiro atoms. The molecule has 0 aromatic heterocycles. The van der Waals surface area contributed by atoms with Crippen molar-refractivity contribution in [1.29, 1.82) is 5.26 Å². The van der Waals surface area contributed by atoms with Crippen LogP contribution in [0.25, 0.3) is 0 Å². The van der Waals surface area contributed by atoms with Crippen LogP contribution >= 0.6 is 11.8 Å². The van der Waals surface area contributed by atoms with Crippen molar-refractivity contribution in [2.45, 2.75) is 54.8 Å². The molecule has 0 amide bonds. The van der Waals surface area contributed by atoms with Crippen LogP contribution in [-0.4, -0.2) is 4.75 Å². The van der Waals surface area contributed by atoms with Crippen molar-refractivity contribution < 1.29 is 13.2 Å². The van der Waals surface area contributed by atoms with Gasteiger partial charge in [0.05, 0.1) is 11.6 Å². The van der Waals surface area contributed by atoms with Gasteiger partial charge in [0.2, 0.25) is 0 Å². The number of alkyl halides is 3. The lowest BCUT2D eigenvalue weighted by atomic mass is 9.89. The van der Waals surface area contributed by atoms with Crippen molar-refractivity contribution in [2.75, 3.05) is 0 Å². The lowest BCUT2D eigenvalue weighted by Gasteiger charge is -2.31. The molecular formula is C15H16F3NS. The van der Waals surface area contributed by atoms with Crippen molar-refractivity contribution in [3.8, 4) is 6.07 Å². The van der Waals surface area contributed by atoms with Gasteiger partial charge in [-0.3, -0.25) is 0 Å². The maximum Gasteiger partial charge on any atom is 0.417 e. The molecular weight excluding hydrogens is 283 g/mol. The highest BCUT2D eigenvalue weighted by molar-refractivity contribution is 8.01. The second-order valence-corrected chi connectivity index (χ2v) is 6.61. The lowest BCUT2D eigenvalue weighted by molar-refractivity contribution is -0.139. The van der Waals surface area contributed by atoms with Gasteiger partial charge in [-0.05, 0) is 31.4 Å². The Balaban J connectivity index is 2.40. The summed E-state index contributed by atoms with van der Waals surface area (Å²) < 4.78 is 38.6. The van der Waals surface area contributed by atoms with Crippen molar-refractivity contribution in [3.05, 3.63) is 29.3 Å². The molecule has 0 unspecified atom stereocenters. The normalized spacial score (nSPS) is 18.6. The molecule has 1 aromatic carbocycles. The van der Waals surface area contributed by atoms with Gasteiger partial charge in [-0.15, -0.1) is 11.8 Å². The fourth-order valence-corrected chi connectivity index (χ4v) is 4.02. The third-order valence-corrected chi connectivity index (χ3v) is 5.32. The molecule has 2 rings (SSSR count). The van der Waals surface area contributed by atoms with Gasteiger partial charge in [0.25, 0.3) is 0 Å². The van der Waals surface area contributed by atoms with E-state index in [0.29, 0.717) is 18.4 Å². The van der Waals surface area contributed by atoms with E-state index in [4.69, 9.17) is 0 Å². The number of hydrogen-bond donors (Lipinski definition) is 0. The smallest absolute Gasteiger partial charge is 0.197 e. The van der Waals surface area contributed by atoms with Gasteiger partial charge >= 0.3 is 6.18 Å². The van der Waals surface area contributed by atoms with E-state index >= 15 is 0 Å². The summed E-state index contributed by atoms with van der Waals surface area (Å²) in [5, 5.41) is 9.44. The van der Waals surface area contributed by atoms with E-state index in [1.165, 1.54) is 6.07 Å². The zero-order valence-corrected chi connectivity index (χ0v) is 12.1. The Morgan fingerprint density at radius 2 is 1.85 bits per heavy atom. The summed E-state index contributed by atoms with van der Waals surface area (Å²) in [6.45, 7) is 1.67. The third-order valence-electron chi connectivity index (χ3n) is 3.68. The van der Waals surface area contributed by atoms with E-state index in [9.17, 15) is 18.4 Å². The SMILES string of the molecule is Cc1cccc(C(F)(F)F)c1SC1(C#N)CCCCC1. The molecule has 1 fully saturated rings. The van der Waals surface area contributed by atoms with E-state index in [1.807, 2.05) is 0 Å². The van der Waals surface area contributed by atoms with Crippen LogP contribution in [0.1, 0.15) is 43.2 Å². The van der Waals surface area contributed by atoms with Gasteiger partial charge in [-0.1, -0.05) is 31.4 Å². The number of aryl methyl sites for hydroxylation is 1. The first-order valence-electron chi connectivity index (χ1n) is 6.65. The maximum absolute atomic E-state index is 13.1. The highest BCUT2D eigenvalue weighted by Crippen LogP contribution is 2.48. The molecule has 1 nitrogen and oxygen atoms in total. The average molecular weight is 299 g/mol. The van der Waals surface area contributed by atoms with Crippen LogP contribution in [0.15, 0.2) is 23.1 Å². The van der Waals surface area contributed by atoms with Crippen LogP contribution in [0, 0.1) is 18.3 Å². The minimum Gasteiger partial charge on any atom is -0.197 e. The second kappa shape index (κ2) is 5.69. The first-order chi connectivity index (χ1) is 9.38. The summed E-state index contributed by atoms with van der Waals surface area (Å²) in [5.41, 5.74) is -0.0345. The summed E-state index contributed by atoms with van der Waals surface area (Å²) in [7, 11) is 0. The zero-order chi connectivity index (χ0) is 14.8. The van der Waals surface area contributed by atoms with Crippen LogP contribution in [0.2, 0.25) is 0 Å². The molecule has 20 heavy (non-hydrogen) atoms. The van der Waals surface area contributed by atoms with Gasteiger partial charge < -0.3 is 0 Å². The molecule has 1 aromatic rings. The first-order valence-corrected chi connectivity index (χ1v) is 7.47. The summed E-state index contributed by atoms with van der Waals surface area (Å²) in [6.07, 6.45) is -0.162. The summed E-state index contributed by atoms with van der Waals surface area (Å²) in [4.78, 5) is 0.212. The lowest BCUT2D eigenvalue weighted by Crippen LogP contribution is -2.26. The largest absolute Gasteiger partial charge is 0.417 e. The summed E-state index contributed by atoms with van der Waals surface area (Å²) >= 11 is 1.11. The molecule has 1 aliphatic rings. The fraction of sp³-hybridized carbons (Fsp3) is 0.533. The minimum atomic E-state index is -4.38. The number of nitriles is 1. The molecule has 5 heteroatoms. The predicted octanol–water partition coefficient (Wildman–Crippen LogP) is 5.33. The Hall–Kier alpha value is -1.15. The fourth-order valence-electron chi connectivity index (χ4n) is 2.57. The predicted molar refractivity (Wildman–Crippen MR) is 73.5 cm³/mol. The van der Waals surface area contributed by atoms with E-state index < -0.39 is 16.5 Å². The third kappa shape index (κ3) is 3.12. The van der Waals surface area contributed by atoms with Crippen LogP contribution in [0.4, 0.5) is 13.2 Å². The standard InChI is InChI=1S/C15H16F3NS/c1-11-6-5-7-12(15(16,17)18)13(11)20-14(10-19)8-3-2-4-9-14/h5-7H,2-4,8-9H2,1H3.